The number of sulfonamides is 1. The highest BCUT2D eigenvalue weighted by Crippen LogP contribution is 2.21. The minimum Gasteiger partial charge on any atom is -0.341 e. The van der Waals surface area contributed by atoms with E-state index in [4.69, 9.17) is 0 Å². The van der Waals surface area contributed by atoms with Crippen LogP contribution in [-0.4, -0.2) is 74.2 Å². The van der Waals surface area contributed by atoms with Gasteiger partial charge in [0.05, 0.1) is 4.90 Å². The van der Waals surface area contributed by atoms with E-state index in [1.165, 1.54) is 36.3 Å². The lowest BCUT2D eigenvalue weighted by molar-refractivity contribution is -0.133. The second kappa shape index (κ2) is 9.33. The molecule has 1 amide bonds. The predicted octanol–water partition coefficient (Wildman–Crippen LogP) is 2.31. The quantitative estimate of drug-likeness (QED) is 0.691. The van der Waals surface area contributed by atoms with Crippen LogP contribution in [0.25, 0.3) is 0 Å². The summed E-state index contributed by atoms with van der Waals surface area (Å²) in [6, 6.07) is 5.27. The third-order valence-corrected chi connectivity index (χ3v) is 7.66. The molecular formula is C20H30FN3O3S. The SMILES string of the molecule is CN(CCCC(=O)N1CCCC(N2CCCC2)C1)S(=O)(=O)c1ccc(F)cc1. The molecule has 0 spiro atoms. The summed E-state index contributed by atoms with van der Waals surface area (Å²) in [5, 5.41) is 0. The fourth-order valence-corrected chi connectivity index (χ4v) is 5.31. The topological polar surface area (TPSA) is 60.9 Å². The number of amides is 1. The molecule has 2 heterocycles. The fourth-order valence-electron chi connectivity index (χ4n) is 4.10. The lowest BCUT2D eigenvalue weighted by Gasteiger charge is -2.37. The molecule has 2 aliphatic heterocycles. The van der Waals surface area contributed by atoms with Crippen molar-refractivity contribution in [3.63, 3.8) is 0 Å². The van der Waals surface area contributed by atoms with Gasteiger partial charge in [-0.1, -0.05) is 0 Å². The van der Waals surface area contributed by atoms with Crippen molar-refractivity contribution >= 4 is 15.9 Å². The van der Waals surface area contributed by atoms with E-state index in [1.807, 2.05) is 4.90 Å². The molecule has 3 rings (SSSR count). The molecule has 0 bridgehead atoms. The molecular weight excluding hydrogens is 381 g/mol. The summed E-state index contributed by atoms with van der Waals surface area (Å²) in [5.41, 5.74) is 0. The first-order valence-corrected chi connectivity index (χ1v) is 11.6. The normalized spacial score (nSPS) is 21.4. The van der Waals surface area contributed by atoms with Crippen LogP contribution in [0.3, 0.4) is 0 Å². The monoisotopic (exact) mass is 411 g/mol. The minimum absolute atomic E-state index is 0.0622. The Morgan fingerprint density at radius 3 is 2.50 bits per heavy atom. The fraction of sp³-hybridized carbons (Fsp3) is 0.650. The molecule has 156 valence electrons. The Kier molecular flexibility index (Phi) is 7.06. The van der Waals surface area contributed by atoms with Gasteiger partial charge in [0.15, 0.2) is 0 Å². The maximum absolute atomic E-state index is 13.0. The van der Waals surface area contributed by atoms with Crippen LogP contribution in [0, 0.1) is 5.82 Å². The molecule has 2 saturated heterocycles. The number of rotatable bonds is 7. The second-order valence-electron chi connectivity index (χ2n) is 7.76. The number of carbonyl (C=O) groups excluding carboxylic acids is 1. The zero-order valence-corrected chi connectivity index (χ0v) is 17.3. The highest BCUT2D eigenvalue weighted by molar-refractivity contribution is 7.89. The molecule has 0 aliphatic carbocycles. The van der Waals surface area contributed by atoms with Crippen LogP contribution in [-0.2, 0) is 14.8 Å². The Bertz CT molecular complexity index is 763. The third-order valence-electron chi connectivity index (χ3n) is 5.79. The molecule has 1 aromatic rings. The Labute approximate surface area is 167 Å². The molecule has 1 unspecified atom stereocenters. The van der Waals surface area contributed by atoms with Crippen molar-refractivity contribution in [2.45, 2.75) is 49.5 Å². The molecule has 8 heteroatoms. The molecule has 1 aromatic carbocycles. The zero-order valence-electron chi connectivity index (χ0n) is 16.5. The smallest absolute Gasteiger partial charge is 0.242 e. The number of hydrogen-bond donors (Lipinski definition) is 0. The largest absolute Gasteiger partial charge is 0.341 e. The van der Waals surface area contributed by atoms with Crippen LogP contribution >= 0.6 is 0 Å². The zero-order chi connectivity index (χ0) is 20.1. The van der Waals surface area contributed by atoms with Gasteiger partial charge in [0, 0.05) is 39.1 Å². The number of likely N-dealkylation sites (tertiary alicyclic amines) is 2. The third kappa shape index (κ3) is 5.10. The van der Waals surface area contributed by atoms with Crippen LogP contribution in [0.1, 0.15) is 38.5 Å². The maximum atomic E-state index is 13.0. The van der Waals surface area contributed by atoms with E-state index >= 15 is 0 Å². The van der Waals surface area contributed by atoms with Crippen molar-refractivity contribution in [1.29, 1.82) is 0 Å². The number of nitrogens with zero attached hydrogens (tertiary/aromatic N) is 3. The summed E-state index contributed by atoms with van der Waals surface area (Å²) < 4.78 is 39.3. The number of benzene rings is 1. The van der Waals surface area contributed by atoms with Gasteiger partial charge in [0.25, 0.3) is 0 Å². The van der Waals surface area contributed by atoms with Gasteiger partial charge in [0.1, 0.15) is 5.82 Å². The molecule has 0 aromatic heterocycles. The van der Waals surface area contributed by atoms with Crippen molar-refractivity contribution in [1.82, 2.24) is 14.1 Å². The highest BCUT2D eigenvalue weighted by Gasteiger charge is 2.29. The Morgan fingerprint density at radius 1 is 1.14 bits per heavy atom. The van der Waals surface area contributed by atoms with Gasteiger partial charge in [-0.15, -0.1) is 0 Å². The second-order valence-corrected chi connectivity index (χ2v) is 9.81. The van der Waals surface area contributed by atoms with Crippen molar-refractivity contribution in [2.75, 3.05) is 39.8 Å². The maximum Gasteiger partial charge on any atom is 0.242 e. The van der Waals surface area contributed by atoms with Crippen LogP contribution in [0.4, 0.5) is 4.39 Å². The van der Waals surface area contributed by atoms with E-state index in [0.717, 1.165) is 51.2 Å². The van der Waals surface area contributed by atoms with E-state index in [2.05, 4.69) is 4.90 Å². The molecule has 0 radical (unpaired) electrons. The van der Waals surface area contributed by atoms with E-state index in [-0.39, 0.29) is 17.3 Å². The van der Waals surface area contributed by atoms with E-state index < -0.39 is 15.8 Å². The summed E-state index contributed by atoms with van der Waals surface area (Å²) in [6.45, 7) is 4.13. The average Bonchev–Trinajstić information content (AvgIpc) is 3.23. The lowest BCUT2D eigenvalue weighted by atomic mass is 10.0. The molecule has 1 atom stereocenters. The Hall–Kier alpha value is -1.51. The summed E-state index contributed by atoms with van der Waals surface area (Å²) in [6.07, 6.45) is 5.50. The van der Waals surface area contributed by atoms with E-state index in [1.54, 1.807) is 0 Å². The molecule has 6 nitrogen and oxygen atoms in total. The van der Waals surface area contributed by atoms with Gasteiger partial charge in [-0.25, -0.2) is 17.1 Å². The summed E-state index contributed by atoms with van der Waals surface area (Å²) in [7, 11) is -2.17. The van der Waals surface area contributed by atoms with E-state index in [9.17, 15) is 17.6 Å². The highest BCUT2D eigenvalue weighted by atomic mass is 32.2. The summed E-state index contributed by atoms with van der Waals surface area (Å²) in [4.78, 5) is 17.1. The number of halogens is 1. The summed E-state index contributed by atoms with van der Waals surface area (Å²) in [5.74, 6) is -0.363. The lowest BCUT2D eigenvalue weighted by Crippen LogP contribution is -2.49. The van der Waals surface area contributed by atoms with Crippen molar-refractivity contribution in [3.8, 4) is 0 Å². The van der Waals surface area contributed by atoms with Crippen LogP contribution in [0.5, 0.6) is 0 Å². The van der Waals surface area contributed by atoms with Crippen molar-refractivity contribution < 1.29 is 17.6 Å². The standard InChI is InChI=1S/C20H30FN3O3S/c1-22(28(26,27)19-10-8-17(21)9-11-19)12-5-7-20(25)24-15-4-6-18(16-24)23-13-2-3-14-23/h8-11,18H,2-7,12-16H2,1H3. The van der Waals surface area contributed by atoms with Gasteiger partial charge < -0.3 is 4.90 Å². The van der Waals surface area contributed by atoms with Gasteiger partial charge >= 0.3 is 0 Å². The van der Waals surface area contributed by atoms with Gasteiger partial charge in [-0.05, 0) is 69.5 Å². The molecule has 0 N–H and O–H groups in total. The molecule has 0 saturated carbocycles. The first-order chi connectivity index (χ1) is 13.4. The predicted molar refractivity (Wildman–Crippen MR) is 106 cm³/mol. The molecule has 28 heavy (non-hydrogen) atoms. The van der Waals surface area contributed by atoms with Gasteiger partial charge in [-0.3, -0.25) is 9.69 Å². The average molecular weight is 412 g/mol. The molecule has 2 aliphatic rings. The van der Waals surface area contributed by atoms with Gasteiger partial charge in [0.2, 0.25) is 15.9 Å². The minimum atomic E-state index is -3.66. The number of hydrogen-bond acceptors (Lipinski definition) is 4. The number of piperidine rings is 1. The number of carbonyl (C=O) groups is 1. The van der Waals surface area contributed by atoms with Crippen LogP contribution in [0.2, 0.25) is 0 Å². The van der Waals surface area contributed by atoms with E-state index in [0.29, 0.717) is 18.9 Å². The van der Waals surface area contributed by atoms with Crippen LogP contribution < -0.4 is 0 Å². The first-order valence-electron chi connectivity index (χ1n) is 10.1. The first kappa shape index (κ1) is 21.2. The molecule has 2 fully saturated rings. The van der Waals surface area contributed by atoms with Crippen molar-refractivity contribution in [2.24, 2.45) is 0 Å². The van der Waals surface area contributed by atoms with Crippen LogP contribution in [0.15, 0.2) is 29.2 Å². The Balaban J connectivity index is 1.47. The van der Waals surface area contributed by atoms with Gasteiger partial charge in [-0.2, -0.15) is 0 Å². The summed E-state index contributed by atoms with van der Waals surface area (Å²) >= 11 is 0. The van der Waals surface area contributed by atoms with Crippen molar-refractivity contribution in [3.05, 3.63) is 30.1 Å². The Morgan fingerprint density at radius 2 is 1.82 bits per heavy atom.